The maximum atomic E-state index is 9.66. The van der Waals surface area contributed by atoms with Crippen LogP contribution in [-0.4, -0.2) is 26.6 Å². The van der Waals surface area contributed by atoms with Gasteiger partial charge in [0.05, 0.1) is 18.3 Å². The van der Waals surface area contributed by atoms with Crippen molar-refractivity contribution >= 4 is 0 Å². The van der Waals surface area contributed by atoms with Crippen LogP contribution in [0.1, 0.15) is 23.8 Å². The average molecular weight is 232 g/mol. The third-order valence-electron chi connectivity index (χ3n) is 2.59. The number of aliphatic hydroxyl groups excluding tert-OH is 2. The fourth-order valence-electron chi connectivity index (χ4n) is 1.68. The topological polar surface area (TPSA) is 58.3 Å². The van der Waals surface area contributed by atoms with Crippen LogP contribution in [0, 0.1) is 0 Å². The summed E-state index contributed by atoms with van der Waals surface area (Å²) in [6.45, 7) is 0.652. The predicted molar refractivity (Wildman–Crippen MR) is 64.4 cm³/mol. The maximum Gasteiger partial charge on any atom is 0.1000 e. The van der Waals surface area contributed by atoms with Crippen LogP contribution in [0.5, 0.6) is 0 Å². The smallest absolute Gasteiger partial charge is 0.1000 e. The van der Waals surface area contributed by atoms with Crippen LogP contribution in [-0.2, 0) is 6.54 Å². The van der Waals surface area contributed by atoms with Gasteiger partial charge >= 0.3 is 0 Å². The first kappa shape index (κ1) is 11.8. The van der Waals surface area contributed by atoms with E-state index in [4.69, 9.17) is 5.11 Å². The Hall–Kier alpha value is -1.65. The van der Waals surface area contributed by atoms with Gasteiger partial charge in [0, 0.05) is 19.2 Å². The van der Waals surface area contributed by atoms with Crippen LogP contribution in [0.25, 0.3) is 0 Å². The Kier molecular flexibility index (Phi) is 3.90. The molecule has 1 aromatic heterocycles. The van der Waals surface area contributed by atoms with E-state index in [1.165, 1.54) is 5.56 Å². The summed E-state index contributed by atoms with van der Waals surface area (Å²) in [6.07, 6.45) is 1.47. The van der Waals surface area contributed by atoms with Gasteiger partial charge in [-0.05, 0) is 11.6 Å². The zero-order chi connectivity index (χ0) is 12.1. The Morgan fingerprint density at radius 3 is 2.65 bits per heavy atom. The first-order chi connectivity index (χ1) is 8.29. The number of aromatic nitrogens is 2. The number of hydrogen-bond donors (Lipinski definition) is 2. The lowest BCUT2D eigenvalue weighted by Crippen LogP contribution is -2.04. The summed E-state index contributed by atoms with van der Waals surface area (Å²) in [5, 5.41) is 22.7. The molecule has 0 aliphatic heterocycles. The van der Waals surface area contributed by atoms with Gasteiger partial charge in [-0.15, -0.1) is 0 Å². The highest BCUT2D eigenvalue weighted by atomic mass is 16.3. The largest absolute Gasteiger partial charge is 0.396 e. The third-order valence-corrected chi connectivity index (χ3v) is 2.59. The van der Waals surface area contributed by atoms with Crippen molar-refractivity contribution in [2.45, 2.75) is 19.1 Å². The molecule has 0 aliphatic rings. The van der Waals surface area contributed by atoms with Gasteiger partial charge in [0.2, 0.25) is 0 Å². The monoisotopic (exact) mass is 232 g/mol. The second-order valence-corrected chi connectivity index (χ2v) is 3.95. The highest BCUT2D eigenvalue weighted by Gasteiger charge is 2.09. The molecule has 0 bridgehead atoms. The number of rotatable bonds is 5. The summed E-state index contributed by atoms with van der Waals surface area (Å²) >= 11 is 0. The van der Waals surface area contributed by atoms with Crippen LogP contribution in [0.2, 0.25) is 0 Å². The van der Waals surface area contributed by atoms with E-state index in [0.29, 0.717) is 18.7 Å². The van der Waals surface area contributed by atoms with Crippen LogP contribution >= 0.6 is 0 Å². The van der Waals surface area contributed by atoms with Crippen molar-refractivity contribution < 1.29 is 10.2 Å². The quantitative estimate of drug-likeness (QED) is 0.818. The number of hydrogen-bond acceptors (Lipinski definition) is 3. The van der Waals surface area contributed by atoms with E-state index in [1.54, 1.807) is 10.7 Å². The molecule has 0 amide bonds. The SMILES string of the molecule is OCC[C@@H](O)c1ccn(Cc2ccccc2)n1. The minimum absolute atomic E-state index is 0.0350. The molecule has 0 saturated heterocycles. The molecule has 90 valence electrons. The molecular formula is C13H16N2O2. The standard InChI is InChI=1S/C13H16N2O2/c16-9-7-13(17)12-6-8-15(14-12)10-11-4-2-1-3-5-11/h1-6,8,13,16-17H,7,9-10H2/t13-/m1/s1. The highest BCUT2D eigenvalue weighted by molar-refractivity contribution is 5.15. The third kappa shape index (κ3) is 3.15. The number of benzene rings is 1. The summed E-state index contributed by atoms with van der Waals surface area (Å²) < 4.78 is 1.78. The number of aliphatic hydroxyl groups is 2. The Balaban J connectivity index is 2.04. The van der Waals surface area contributed by atoms with Crippen molar-refractivity contribution in [3.63, 3.8) is 0 Å². The second-order valence-electron chi connectivity index (χ2n) is 3.95. The van der Waals surface area contributed by atoms with E-state index in [1.807, 2.05) is 36.5 Å². The fourth-order valence-corrected chi connectivity index (χ4v) is 1.68. The van der Waals surface area contributed by atoms with Crippen molar-refractivity contribution in [1.82, 2.24) is 9.78 Å². The minimum atomic E-state index is -0.683. The van der Waals surface area contributed by atoms with Crippen LogP contribution < -0.4 is 0 Å². The lowest BCUT2D eigenvalue weighted by atomic mass is 10.2. The molecule has 17 heavy (non-hydrogen) atoms. The molecule has 0 saturated carbocycles. The molecule has 2 rings (SSSR count). The van der Waals surface area contributed by atoms with Gasteiger partial charge < -0.3 is 10.2 Å². The van der Waals surface area contributed by atoms with Crippen LogP contribution in [0.3, 0.4) is 0 Å². The molecule has 4 heteroatoms. The lowest BCUT2D eigenvalue weighted by Gasteiger charge is -2.05. The summed E-state index contributed by atoms with van der Waals surface area (Å²) in [4.78, 5) is 0. The second kappa shape index (κ2) is 5.61. The van der Waals surface area contributed by atoms with Gasteiger partial charge in [-0.2, -0.15) is 5.10 Å². The predicted octanol–water partition coefficient (Wildman–Crippen LogP) is 1.35. The van der Waals surface area contributed by atoms with E-state index in [0.717, 1.165) is 0 Å². The molecule has 1 aromatic carbocycles. The summed E-state index contributed by atoms with van der Waals surface area (Å²) in [5.41, 5.74) is 1.77. The van der Waals surface area contributed by atoms with Gasteiger partial charge in [-0.25, -0.2) is 0 Å². The fraction of sp³-hybridized carbons (Fsp3) is 0.308. The Morgan fingerprint density at radius 1 is 1.18 bits per heavy atom. The van der Waals surface area contributed by atoms with Gasteiger partial charge in [-0.1, -0.05) is 30.3 Å². The molecule has 0 radical (unpaired) electrons. The Bertz CT molecular complexity index is 453. The summed E-state index contributed by atoms with van der Waals surface area (Å²) in [7, 11) is 0. The summed E-state index contributed by atoms with van der Waals surface area (Å²) in [5.74, 6) is 0. The maximum absolute atomic E-state index is 9.66. The molecule has 2 aromatic rings. The van der Waals surface area contributed by atoms with Gasteiger partial charge in [0.25, 0.3) is 0 Å². The van der Waals surface area contributed by atoms with Crippen molar-refractivity contribution in [3.8, 4) is 0 Å². The first-order valence-corrected chi connectivity index (χ1v) is 5.66. The van der Waals surface area contributed by atoms with Crippen molar-refractivity contribution in [2.24, 2.45) is 0 Å². The van der Waals surface area contributed by atoms with E-state index >= 15 is 0 Å². The van der Waals surface area contributed by atoms with Gasteiger partial charge in [0.1, 0.15) is 0 Å². The molecule has 2 N–H and O–H groups in total. The van der Waals surface area contributed by atoms with E-state index in [9.17, 15) is 5.11 Å². The minimum Gasteiger partial charge on any atom is -0.396 e. The van der Waals surface area contributed by atoms with Crippen molar-refractivity contribution in [2.75, 3.05) is 6.61 Å². The molecule has 1 atom stereocenters. The molecule has 4 nitrogen and oxygen atoms in total. The molecule has 0 aliphatic carbocycles. The normalized spacial score (nSPS) is 12.6. The zero-order valence-electron chi connectivity index (χ0n) is 9.53. The van der Waals surface area contributed by atoms with Crippen LogP contribution in [0.15, 0.2) is 42.6 Å². The lowest BCUT2D eigenvalue weighted by molar-refractivity contribution is 0.130. The zero-order valence-corrected chi connectivity index (χ0v) is 9.53. The van der Waals surface area contributed by atoms with Crippen LogP contribution in [0.4, 0.5) is 0 Å². The number of nitrogens with zero attached hydrogens (tertiary/aromatic N) is 2. The van der Waals surface area contributed by atoms with Crippen molar-refractivity contribution in [1.29, 1.82) is 0 Å². The Morgan fingerprint density at radius 2 is 1.94 bits per heavy atom. The molecule has 0 unspecified atom stereocenters. The van der Waals surface area contributed by atoms with E-state index < -0.39 is 6.10 Å². The van der Waals surface area contributed by atoms with Crippen molar-refractivity contribution in [3.05, 3.63) is 53.9 Å². The van der Waals surface area contributed by atoms with Gasteiger partial charge in [-0.3, -0.25) is 4.68 Å². The first-order valence-electron chi connectivity index (χ1n) is 5.66. The van der Waals surface area contributed by atoms with E-state index in [-0.39, 0.29) is 6.61 Å². The van der Waals surface area contributed by atoms with E-state index in [2.05, 4.69) is 5.10 Å². The van der Waals surface area contributed by atoms with Gasteiger partial charge in [0.15, 0.2) is 0 Å². The molecule has 0 spiro atoms. The average Bonchev–Trinajstić information content (AvgIpc) is 2.79. The Labute approximate surface area is 100 Å². The molecule has 1 heterocycles. The molecule has 0 fully saturated rings. The highest BCUT2D eigenvalue weighted by Crippen LogP contribution is 2.13. The summed E-state index contributed by atoms with van der Waals surface area (Å²) in [6, 6.07) is 11.8. The molecular weight excluding hydrogens is 216 g/mol.